The van der Waals surface area contributed by atoms with Gasteiger partial charge in [-0.2, -0.15) is 0 Å². The molecule has 0 unspecified atom stereocenters. The molecular weight excluding hydrogens is 396 g/mol. The number of methoxy groups -OCH3 is 1. The molecule has 1 aliphatic heterocycles. The highest BCUT2D eigenvalue weighted by Gasteiger charge is 2.41. The summed E-state index contributed by atoms with van der Waals surface area (Å²) in [5.41, 5.74) is 2.23. The highest BCUT2D eigenvalue weighted by molar-refractivity contribution is 7.20. The quantitative estimate of drug-likeness (QED) is 0.642. The summed E-state index contributed by atoms with van der Waals surface area (Å²) >= 11 is 1.50. The molecule has 1 amide bonds. The minimum Gasteiger partial charge on any atom is -0.497 e. The van der Waals surface area contributed by atoms with Crippen LogP contribution in [0.1, 0.15) is 40.1 Å². The Bertz CT molecular complexity index is 1080. The summed E-state index contributed by atoms with van der Waals surface area (Å²) in [4.78, 5) is 26.0. The van der Waals surface area contributed by atoms with E-state index >= 15 is 0 Å². The molecule has 30 heavy (non-hydrogen) atoms. The van der Waals surface area contributed by atoms with Gasteiger partial charge >= 0.3 is 0 Å². The Labute approximate surface area is 180 Å². The van der Waals surface area contributed by atoms with Crippen LogP contribution in [0.25, 0.3) is 10.2 Å². The third-order valence-electron chi connectivity index (χ3n) is 6.46. The number of likely N-dealkylation sites (tertiary alicyclic amines) is 1. The summed E-state index contributed by atoms with van der Waals surface area (Å²) < 4.78 is 5.22. The predicted molar refractivity (Wildman–Crippen MR) is 120 cm³/mol. The first-order chi connectivity index (χ1) is 14.6. The van der Waals surface area contributed by atoms with E-state index in [9.17, 15) is 4.79 Å². The van der Waals surface area contributed by atoms with Crippen LogP contribution in [0.2, 0.25) is 0 Å². The molecule has 1 saturated carbocycles. The Hall–Kier alpha value is -2.67. The molecule has 156 valence electrons. The Kier molecular flexibility index (Phi) is 5.06. The second-order valence-corrected chi connectivity index (χ2v) is 9.27. The molecule has 2 aromatic heterocycles. The van der Waals surface area contributed by atoms with Crippen molar-refractivity contribution < 1.29 is 9.53 Å². The average Bonchev–Trinajstić information content (AvgIpc) is 3.49. The van der Waals surface area contributed by atoms with Gasteiger partial charge in [0.15, 0.2) is 0 Å². The number of carbonyl (C=O) groups excluding carboxylic acids is 1. The number of ether oxygens (including phenoxy) is 1. The third-order valence-corrected chi connectivity index (χ3v) is 7.64. The van der Waals surface area contributed by atoms with Crippen LogP contribution in [0.5, 0.6) is 5.75 Å². The highest BCUT2D eigenvalue weighted by atomic mass is 32.1. The van der Waals surface area contributed by atoms with E-state index in [1.165, 1.54) is 29.7 Å². The maximum Gasteiger partial charge on any atom is 0.264 e. The molecule has 1 N–H and O–H groups in total. The Morgan fingerprint density at radius 2 is 2.10 bits per heavy atom. The van der Waals surface area contributed by atoms with Crippen LogP contribution < -0.4 is 10.1 Å². The van der Waals surface area contributed by atoms with Gasteiger partial charge in [-0.1, -0.05) is 12.1 Å². The molecule has 2 fully saturated rings. The number of anilines is 1. The minimum absolute atomic E-state index is 0.173. The van der Waals surface area contributed by atoms with Crippen LogP contribution in [0.3, 0.4) is 0 Å². The molecule has 2 bridgehead atoms. The van der Waals surface area contributed by atoms with Crippen LogP contribution in [0.4, 0.5) is 5.82 Å². The number of fused-ring (bicyclic) bond motifs is 3. The van der Waals surface area contributed by atoms with Gasteiger partial charge in [-0.05, 0) is 61.8 Å². The second-order valence-electron chi connectivity index (χ2n) is 8.27. The number of nitrogens with zero attached hydrogens (tertiary/aromatic N) is 3. The molecule has 6 nitrogen and oxygen atoms in total. The first kappa shape index (κ1) is 19.3. The van der Waals surface area contributed by atoms with Gasteiger partial charge < -0.3 is 15.0 Å². The number of carbonyl (C=O) groups is 1. The number of amides is 1. The molecule has 1 aromatic carbocycles. The van der Waals surface area contributed by atoms with Gasteiger partial charge in [-0.15, -0.1) is 11.3 Å². The van der Waals surface area contributed by atoms with E-state index in [4.69, 9.17) is 4.74 Å². The summed E-state index contributed by atoms with van der Waals surface area (Å²) in [6.07, 6.45) is 6.06. The number of piperidine rings is 1. The van der Waals surface area contributed by atoms with Crippen molar-refractivity contribution in [3.63, 3.8) is 0 Å². The zero-order valence-corrected chi connectivity index (χ0v) is 18.2. The Morgan fingerprint density at radius 1 is 1.27 bits per heavy atom. The smallest absolute Gasteiger partial charge is 0.264 e. The number of aromatic nitrogens is 2. The van der Waals surface area contributed by atoms with Crippen molar-refractivity contribution in [2.75, 3.05) is 25.5 Å². The minimum atomic E-state index is 0.173. The predicted octanol–water partition coefficient (Wildman–Crippen LogP) is 4.29. The third kappa shape index (κ3) is 3.41. The molecule has 3 heterocycles. The van der Waals surface area contributed by atoms with Crippen molar-refractivity contribution in [1.29, 1.82) is 0 Å². The van der Waals surface area contributed by atoms with Crippen LogP contribution in [0.15, 0.2) is 30.6 Å². The Balaban J connectivity index is 1.34. The number of hydrogen-bond acceptors (Lipinski definition) is 6. The van der Waals surface area contributed by atoms with E-state index in [1.807, 2.05) is 19.1 Å². The number of rotatable bonds is 6. The second kappa shape index (κ2) is 7.87. The summed E-state index contributed by atoms with van der Waals surface area (Å²) in [5.74, 6) is 2.54. The van der Waals surface area contributed by atoms with Gasteiger partial charge in [0.05, 0.1) is 17.4 Å². The van der Waals surface area contributed by atoms with Crippen molar-refractivity contribution in [2.24, 2.45) is 5.92 Å². The molecule has 1 saturated heterocycles. The molecular formula is C23H26N4O2S. The number of nitrogens with one attached hydrogen (secondary N) is 1. The fourth-order valence-electron chi connectivity index (χ4n) is 4.83. The van der Waals surface area contributed by atoms with Gasteiger partial charge in [-0.3, -0.25) is 4.79 Å². The lowest BCUT2D eigenvalue weighted by molar-refractivity contribution is 0.0708. The van der Waals surface area contributed by atoms with Gasteiger partial charge in [0, 0.05) is 19.1 Å². The van der Waals surface area contributed by atoms with Crippen molar-refractivity contribution >= 4 is 33.3 Å². The SMILES string of the molecule is COc1ccc(CCNc2ncnc3sc(C(=O)N4C[C@@H]5CC[C@H]4C5)c(C)c23)cc1. The molecule has 0 radical (unpaired) electrons. The maximum atomic E-state index is 13.2. The van der Waals surface area contributed by atoms with Crippen molar-refractivity contribution in [1.82, 2.24) is 14.9 Å². The largest absolute Gasteiger partial charge is 0.497 e. The lowest BCUT2D eigenvalue weighted by Crippen LogP contribution is -2.37. The molecule has 2 atom stereocenters. The van der Waals surface area contributed by atoms with E-state index in [0.717, 1.165) is 58.2 Å². The van der Waals surface area contributed by atoms with E-state index in [0.29, 0.717) is 12.0 Å². The molecule has 2 aliphatic rings. The number of benzene rings is 1. The molecule has 3 aromatic rings. The fourth-order valence-corrected chi connectivity index (χ4v) is 5.94. The van der Waals surface area contributed by atoms with Gasteiger partial charge in [0.2, 0.25) is 0 Å². The standard InChI is InChI=1S/C23H26N4O2S/c1-14-19-21(24-10-9-15-4-7-18(29-2)8-5-15)25-13-26-22(19)30-20(14)23(28)27-12-16-3-6-17(27)11-16/h4-5,7-8,13,16-17H,3,6,9-12H2,1-2H3,(H,24,25,26)/t16-,17+/m1/s1. The zero-order valence-electron chi connectivity index (χ0n) is 17.4. The first-order valence-corrected chi connectivity index (χ1v) is 11.4. The van der Waals surface area contributed by atoms with Crippen LogP contribution in [0, 0.1) is 12.8 Å². The summed E-state index contributed by atoms with van der Waals surface area (Å²) in [6, 6.07) is 8.54. The lowest BCUT2D eigenvalue weighted by atomic mass is 10.1. The van der Waals surface area contributed by atoms with E-state index in [-0.39, 0.29) is 5.91 Å². The van der Waals surface area contributed by atoms with E-state index in [2.05, 4.69) is 32.3 Å². The summed E-state index contributed by atoms with van der Waals surface area (Å²) in [6.45, 7) is 3.70. The summed E-state index contributed by atoms with van der Waals surface area (Å²) in [5, 5.41) is 4.43. The van der Waals surface area contributed by atoms with Crippen LogP contribution >= 0.6 is 11.3 Å². The maximum absolute atomic E-state index is 13.2. The normalized spacial score (nSPS) is 20.1. The Morgan fingerprint density at radius 3 is 2.80 bits per heavy atom. The number of aryl methyl sites for hydroxylation is 1. The number of hydrogen-bond donors (Lipinski definition) is 1. The van der Waals surface area contributed by atoms with E-state index < -0.39 is 0 Å². The van der Waals surface area contributed by atoms with Crippen molar-refractivity contribution in [3.8, 4) is 5.75 Å². The van der Waals surface area contributed by atoms with Crippen LogP contribution in [-0.2, 0) is 6.42 Å². The monoisotopic (exact) mass is 422 g/mol. The first-order valence-electron chi connectivity index (χ1n) is 10.6. The van der Waals surface area contributed by atoms with Crippen molar-refractivity contribution in [2.45, 2.75) is 38.6 Å². The molecule has 7 heteroatoms. The average molecular weight is 423 g/mol. The number of thiophene rings is 1. The van der Waals surface area contributed by atoms with Crippen molar-refractivity contribution in [3.05, 3.63) is 46.6 Å². The van der Waals surface area contributed by atoms with E-state index in [1.54, 1.807) is 13.4 Å². The molecule has 0 spiro atoms. The topological polar surface area (TPSA) is 67.3 Å². The van der Waals surface area contributed by atoms with Gasteiger partial charge in [-0.25, -0.2) is 9.97 Å². The molecule has 1 aliphatic carbocycles. The fraction of sp³-hybridized carbons (Fsp3) is 0.435. The van der Waals surface area contributed by atoms with Gasteiger partial charge in [0.25, 0.3) is 5.91 Å². The van der Waals surface area contributed by atoms with Crippen LogP contribution in [-0.4, -0.2) is 47.0 Å². The summed E-state index contributed by atoms with van der Waals surface area (Å²) in [7, 11) is 1.67. The highest BCUT2D eigenvalue weighted by Crippen LogP contribution is 2.40. The molecule has 5 rings (SSSR count). The van der Waals surface area contributed by atoms with Gasteiger partial charge in [0.1, 0.15) is 22.7 Å². The zero-order chi connectivity index (χ0) is 20.7. The lowest BCUT2D eigenvalue weighted by Gasteiger charge is -2.26.